The maximum absolute atomic E-state index is 8.28. The predicted molar refractivity (Wildman–Crippen MR) is 62.1 cm³/mol. The van der Waals surface area contributed by atoms with Crippen LogP contribution in [-0.2, 0) is 0 Å². The van der Waals surface area contributed by atoms with Crippen molar-refractivity contribution in [3.63, 3.8) is 0 Å². The minimum Gasteiger partial charge on any atom is -0.411 e. The van der Waals surface area contributed by atoms with Gasteiger partial charge in [-0.05, 0) is 39.0 Å². The van der Waals surface area contributed by atoms with Crippen LogP contribution in [0.4, 0.5) is 0 Å². The van der Waals surface area contributed by atoms with Crippen molar-refractivity contribution in [2.75, 3.05) is 0 Å². The van der Waals surface area contributed by atoms with Gasteiger partial charge in [0.1, 0.15) is 0 Å². The molecule has 1 aliphatic carbocycles. The van der Waals surface area contributed by atoms with Gasteiger partial charge in [-0.3, -0.25) is 0 Å². The van der Waals surface area contributed by atoms with Crippen LogP contribution in [0.15, 0.2) is 10.3 Å². The minimum absolute atomic E-state index is 0.808. The van der Waals surface area contributed by atoms with E-state index in [0.29, 0.717) is 0 Å². The first-order chi connectivity index (χ1) is 7.24. The van der Waals surface area contributed by atoms with Crippen LogP contribution in [-0.4, -0.2) is 21.8 Å². The van der Waals surface area contributed by atoms with Gasteiger partial charge in [0.2, 0.25) is 0 Å². The molecule has 0 unspecified atom stereocenters. The van der Waals surface area contributed by atoms with Gasteiger partial charge in [-0.2, -0.15) is 0 Å². The molecule has 0 amide bonds. The topological polar surface area (TPSA) is 65.2 Å². The highest BCUT2D eigenvalue weighted by Crippen LogP contribution is 2.13. The van der Waals surface area contributed by atoms with Crippen molar-refractivity contribution in [1.29, 1.82) is 0 Å². The van der Waals surface area contributed by atoms with E-state index in [9.17, 15) is 0 Å². The Labute approximate surface area is 91.7 Å². The number of rotatable bonds is 2. The molecule has 0 aromatic rings. The number of oxime groups is 2. The van der Waals surface area contributed by atoms with E-state index in [-0.39, 0.29) is 0 Å². The summed E-state index contributed by atoms with van der Waals surface area (Å²) in [5.74, 6) is 0. The summed E-state index contributed by atoms with van der Waals surface area (Å²) in [5.41, 5.74) is 1.79. The van der Waals surface area contributed by atoms with Crippen LogP contribution in [0, 0.1) is 0 Å². The summed E-state index contributed by atoms with van der Waals surface area (Å²) >= 11 is 0. The Morgan fingerprint density at radius 2 is 1.80 bits per heavy atom. The van der Waals surface area contributed by atoms with Crippen molar-refractivity contribution in [2.45, 2.75) is 58.8 Å². The monoisotopic (exact) mass is 214 g/mol. The fourth-order valence-corrected chi connectivity index (χ4v) is 1.47. The lowest BCUT2D eigenvalue weighted by molar-refractivity contribution is 0.314. The lowest BCUT2D eigenvalue weighted by Gasteiger charge is -2.08. The van der Waals surface area contributed by atoms with E-state index in [2.05, 4.69) is 17.2 Å². The summed E-state index contributed by atoms with van der Waals surface area (Å²) in [4.78, 5) is 0. The zero-order valence-electron chi connectivity index (χ0n) is 9.74. The van der Waals surface area contributed by atoms with E-state index >= 15 is 0 Å². The number of hydrogen-bond acceptors (Lipinski definition) is 4. The zero-order chi connectivity index (χ0) is 11.5. The van der Waals surface area contributed by atoms with E-state index in [0.717, 1.165) is 37.1 Å². The Balaban J connectivity index is 0.000000265. The molecule has 1 aliphatic rings. The van der Waals surface area contributed by atoms with Crippen LogP contribution in [0.1, 0.15) is 58.8 Å². The fourth-order valence-electron chi connectivity index (χ4n) is 1.47. The Morgan fingerprint density at radius 1 is 1.20 bits per heavy atom. The van der Waals surface area contributed by atoms with Gasteiger partial charge < -0.3 is 10.4 Å². The maximum atomic E-state index is 8.28. The molecule has 0 bridgehead atoms. The average molecular weight is 214 g/mol. The number of nitrogens with zero attached hydrogens (tertiary/aromatic N) is 2. The van der Waals surface area contributed by atoms with Crippen LogP contribution < -0.4 is 0 Å². The van der Waals surface area contributed by atoms with E-state index in [4.69, 9.17) is 10.4 Å². The molecular weight excluding hydrogens is 192 g/mol. The van der Waals surface area contributed by atoms with Gasteiger partial charge in [0.15, 0.2) is 0 Å². The second-order valence-corrected chi connectivity index (χ2v) is 3.81. The predicted octanol–water partition coefficient (Wildman–Crippen LogP) is 3.42. The molecule has 0 aliphatic heterocycles. The summed E-state index contributed by atoms with van der Waals surface area (Å²) in [6.45, 7) is 3.86. The van der Waals surface area contributed by atoms with Gasteiger partial charge >= 0.3 is 0 Å². The summed E-state index contributed by atoms with van der Waals surface area (Å²) in [6.07, 6.45) is 7.69. The molecule has 0 aromatic heterocycles. The van der Waals surface area contributed by atoms with E-state index in [1.165, 1.54) is 19.3 Å². The van der Waals surface area contributed by atoms with Gasteiger partial charge in [0, 0.05) is 0 Å². The molecule has 2 N–H and O–H groups in total. The average Bonchev–Trinajstić information content (AvgIpc) is 2.31. The van der Waals surface area contributed by atoms with Crippen molar-refractivity contribution in [2.24, 2.45) is 10.3 Å². The summed E-state index contributed by atoms with van der Waals surface area (Å²) in [7, 11) is 0. The molecule has 0 aromatic carbocycles. The summed E-state index contributed by atoms with van der Waals surface area (Å²) < 4.78 is 0. The summed E-state index contributed by atoms with van der Waals surface area (Å²) in [6, 6.07) is 0. The third-order valence-electron chi connectivity index (χ3n) is 2.35. The molecule has 4 heteroatoms. The van der Waals surface area contributed by atoms with Crippen LogP contribution in [0.2, 0.25) is 0 Å². The smallest absolute Gasteiger partial charge is 0.0570 e. The molecule has 1 fully saturated rings. The fraction of sp³-hybridized carbons (Fsp3) is 0.818. The van der Waals surface area contributed by atoms with Crippen LogP contribution in [0.5, 0.6) is 0 Å². The first-order valence-electron chi connectivity index (χ1n) is 5.61. The Hall–Kier alpha value is -1.06. The molecule has 0 atom stereocenters. The Kier molecular flexibility index (Phi) is 8.82. The molecule has 1 rings (SSSR count). The first-order valence-corrected chi connectivity index (χ1v) is 5.61. The minimum atomic E-state index is 0.808. The molecule has 4 nitrogen and oxygen atoms in total. The highest BCUT2D eigenvalue weighted by Gasteiger charge is 2.05. The van der Waals surface area contributed by atoms with Crippen LogP contribution >= 0.6 is 0 Å². The van der Waals surface area contributed by atoms with E-state index < -0.39 is 0 Å². The lowest BCUT2D eigenvalue weighted by atomic mass is 9.99. The third-order valence-corrected chi connectivity index (χ3v) is 2.35. The quantitative estimate of drug-likeness (QED) is 0.420. The molecule has 0 spiro atoms. The Morgan fingerprint density at radius 3 is 2.07 bits per heavy atom. The maximum Gasteiger partial charge on any atom is 0.0570 e. The Bertz CT molecular complexity index is 205. The standard InChI is InChI=1S/C6H11NO.C5H11NO/c8-7-6-4-2-1-3-5-6;1-3-4-5(2)6-7/h8H,1-5H2;7H,3-4H2,1-2H3. The SMILES string of the molecule is CCCC(C)=NO.ON=C1CCCCC1. The first kappa shape index (κ1) is 13.9. The van der Waals surface area contributed by atoms with Crippen molar-refractivity contribution in [3.05, 3.63) is 0 Å². The van der Waals surface area contributed by atoms with Crippen molar-refractivity contribution in [1.82, 2.24) is 0 Å². The second kappa shape index (κ2) is 9.49. The van der Waals surface area contributed by atoms with Crippen molar-refractivity contribution < 1.29 is 10.4 Å². The molecule has 0 radical (unpaired) electrons. The highest BCUT2D eigenvalue weighted by atomic mass is 16.4. The highest BCUT2D eigenvalue weighted by molar-refractivity contribution is 5.84. The molecule has 15 heavy (non-hydrogen) atoms. The van der Waals surface area contributed by atoms with Gasteiger partial charge in [-0.1, -0.05) is 30.1 Å². The van der Waals surface area contributed by atoms with Crippen LogP contribution in [0.3, 0.4) is 0 Å². The molecule has 1 saturated carbocycles. The van der Waals surface area contributed by atoms with E-state index in [1.807, 2.05) is 6.92 Å². The van der Waals surface area contributed by atoms with Crippen LogP contribution in [0.25, 0.3) is 0 Å². The van der Waals surface area contributed by atoms with Gasteiger partial charge in [0.05, 0.1) is 11.4 Å². The van der Waals surface area contributed by atoms with Gasteiger partial charge in [-0.25, -0.2) is 0 Å². The molecule has 0 heterocycles. The van der Waals surface area contributed by atoms with Crippen molar-refractivity contribution in [3.8, 4) is 0 Å². The van der Waals surface area contributed by atoms with Gasteiger partial charge in [0.25, 0.3) is 0 Å². The normalized spacial score (nSPS) is 16.7. The molecule has 0 saturated heterocycles. The number of hydrogen-bond donors (Lipinski definition) is 2. The lowest BCUT2D eigenvalue weighted by Crippen LogP contribution is -2.03. The second-order valence-electron chi connectivity index (χ2n) is 3.81. The molecule has 88 valence electrons. The van der Waals surface area contributed by atoms with Gasteiger partial charge in [-0.15, -0.1) is 0 Å². The van der Waals surface area contributed by atoms with E-state index in [1.54, 1.807) is 0 Å². The largest absolute Gasteiger partial charge is 0.411 e. The summed E-state index contributed by atoms with van der Waals surface area (Å²) in [5, 5.41) is 22.5. The third kappa shape index (κ3) is 7.97. The van der Waals surface area contributed by atoms with Crippen molar-refractivity contribution >= 4 is 11.4 Å². The molecular formula is C11H22N2O2. The zero-order valence-corrected chi connectivity index (χ0v) is 9.74.